The molecule has 2 aromatic heterocycles. The summed E-state index contributed by atoms with van der Waals surface area (Å²) in [5, 5.41) is 6.53. The van der Waals surface area contributed by atoms with Gasteiger partial charge >= 0.3 is 0 Å². The lowest BCUT2D eigenvalue weighted by atomic mass is 10.0. The van der Waals surface area contributed by atoms with Gasteiger partial charge in [-0.15, -0.1) is 0 Å². The van der Waals surface area contributed by atoms with Crippen LogP contribution in [0.4, 0.5) is 17.1 Å². The molecule has 0 saturated carbocycles. The van der Waals surface area contributed by atoms with E-state index in [4.69, 9.17) is 8.83 Å². The number of fused-ring (bicyclic) bond motifs is 9. The topological polar surface area (TPSA) is 29.5 Å². The highest BCUT2D eigenvalue weighted by Gasteiger charge is 2.20. The molecule has 3 nitrogen and oxygen atoms in total. The number of rotatable bonds is 4. The van der Waals surface area contributed by atoms with Crippen molar-refractivity contribution in [1.82, 2.24) is 0 Å². The van der Waals surface area contributed by atoms with E-state index < -0.39 is 0 Å². The molecule has 0 amide bonds. The summed E-state index contributed by atoms with van der Waals surface area (Å²) in [6.07, 6.45) is 0. The Hall–Kier alpha value is -5.80. The van der Waals surface area contributed by atoms with E-state index in [-0.39, 0.29) is 0 Å². The molecule has 0 aliphatic carbocycles. The van der Waals surface area contributed by atoms with Gasteiger partial charge in [0.05, 0.1) is 5.39 Å². The van der Waals surface area contributed by atoms with Crippen molar-refractivity contribution < 1.29 is 8.83 Å². The minimum atomic E-state index is 0.821. The van der Waals surface area contributed by atoms with Crippen molar-refractivity contribution in [3.8, 4) is 11.1 Å². The van der Waals surface area contributed by atoms with Crippen LogP contribution < -0.4 is 4.90 Å². The monoisotopic (exact) mass is 551 g/mol. The predicted molar refractivity (Wildman–Crippen MR) is 179 cm³/mol. The maximum atomic E-state index is 6.70. The Morgan fingerprint density at radius 1 is 0.372 bits per heavy atom. The molecule has 7 aromatic carbocycles. The average Bonchev–Trinajstić information content (AvgIpc) is 3.64. The van der Waals surface area contributed by atoms with E-state index in [0.29, 0.717) is 0 Å². The quantitative estimate of drug-likeness (QED) is 0.218. The van der Waals surface area contributed by atoms with Crippen molar-refractivity contribution in [2.24, 2.45) is 0 Å². The normalized spacial score (nSPS) is 11.7. The molecule has 3 heteroatoms. The van der Waals surface area contributed by atoms with Crippen molar-refractivity contribution in [3.05, 3.63) is 152 Å². The first-order chi connectivity index (χ1) is 21.3. The second-order valence-electron chi connectivity index (χ2n) is 10.9. The summed E-state index contributed by atoms with van der Waals surface area (Å²) in [5.74, 6) is 0. The van der Waals surface area contributed by atoms with Crippen LogP contribution in [-0.2, 0) is 0 Å². The first-order valence-electron chi connectivity index (χ1n) is 14.5. The SMILES string of the molecule is c1ccc(-c2ccc(N(c3ccccc3)c3ccc4oc5ccc6c7ccc8ccccc8c7oc6c5c4c3)cc2)cc1. The van der Waals surface area contributed by atoms with Gasteiger partial charge in [0.25, 0.3) is 0 Å². The summed E-state index contributed by atoms with van der Waals surface area (Å²) in [7, 11) is 0. The van der Waals surface area contributed by atoms with Crippen LogP contribution in [-0.4, -0.2) is 0 Å². The van der Waals surface area contributed by atoms with Gasteiger partial charge in [-0.1, -0.05) is 91.0 Å². The summed E-state index contributed by atoms with van der Waals surface area (Å²) in [4.78, 5) is 2.29. The summed E-state index contributed by atoms with van der Waals surface area (Å²) in [6.45, 7) is 0. The summed E-state index contributed by atoms with van der Waals surface area (Å²) < 4.78 is 13.1. The van der Waals surface area contributed by atoms with E-state index >= 15 is 0 Å². The molecule has 0 aliphatic heterocycles. The van der Waals surface area contributed by atoms with E-state index in [0.717, 1.165) is 66.3 Å². The third-order valence-electron chi connectivity index (χ3n) is 8.45. The van der Waals surface area contributed by atoms with Crippen molar-refractivity contribution in [3.63, 3.8) is 0 Å². The van der Waals surface area contributed by atoms with Gasteiger partial charge in [-0.3, -0.25) is 0 Å². The van der Waals surface area contributed by atoms with Gasteiger partial charge in [-0.2, -0.15) is 0 Å². The van der Waals surface area contributed by atoms with Crippen molar-refractivity contribution in [1.29, 1.82) is 0 Å². The highest BCUT2D eigenvalue weighted by molar-refractivity contribution is 6.24. The molecule has 0 bridgehead atoms. The highest BCUT2D eigenvalue weighted by atomic mass is 16.3. The number of hydrogen-bond donors (Lipinski definition) is 0. The fourth-order valence-electron chi connectivity index (χ4n) is 6.41. The Morgan fingerprint density at radius 2 is 1.00 bits per heavy atom. The molecule has 0 atom stereocenters. The average molecular weight is 552 g/mol. The molecule has 0 radical (unpaired) electrons. The Balaban J connectivity index is 1.26. The van der Waals surface area contributed by atoms with Crippen LogP contribution in [0, 0.1) is 0 Å². The lowest BCUT2D eigenvalue weighted by Crippen LogP contribution is -2.09. The molecule has 0 N–H and O–H groups in total. The van der Waals surface area contributed by atoms with Crippen LogP contribution in [0.2, 0.25) is 0 Å². The Kier molecular flexibility index (Phi) is 5.20. The zero-order chi connectivity index (χ0) is 28.3. The van der Waals surface area contributed by atoms with Crippen molar-refractivity contribution in [2.45, 2.75) is 0 Å². The van der Waals surface area contributed by atoms with Gasteiger partial charge in [0.2, 0.25) is 0 Å². The molecular formula is C40H25NO2. The molecule has 0 spiro atoms. The smallest absolute Gasteiger partial charge is 0.147 e. The molecule has 9 aromatic rings. The number of benzene rings is 7. The van der Waals surface area contributed by atoms with Crippen LogP contribution in [0.5, 0.6) is 0 Å². The first-order valence-corrected chi connectivity index (χ1v) is 14.5. The van der Waals surface area contributed by atoms with Gasteiger partial charge in [-0.05, 0) is 77.2 Å². The van der Waals surface area contributed by atoms with Crippen LogP contribution in [0.1, 0.15) is 0 Å². The van der Waals surface area contributed by atoms with E-state index in [1.165, 1.54) is 16.5 Å². The molecule has 9 rings (SSSR count). The van der Waals surface area contributed by atoms with Crippen LogP contribution in [0.15, 0.2) is 160 Å². The highest BCUT2D eigenvalue weighted by Crippen LogP contribution is 2.43. The summed E-state index contributed by atoms with van der Waals surface area (Å²) in [6, 6.07) is 53.1. The van der Waals surface area contributed by atoms with Crippen molar-refractivity contribution >= 4 is 71.7 Å². The molecule has 0 saturated heterocycles. The lowest BCUT2D eigenvalue weighted by Gasteiger charge is -2.25. The second-order valence-corrected chi connectivity index (χ2v) is 10.9. The van der Waals surface area contributed by atoms with Crippen LogP contribution in [0.3, 0.4) is 0 Å². The van der Waals surface area contributed by atoms with E-state index in [1.54, 1.807) is 0 Å². The van der Waals surface area contributed by atoms with E-state index in [1.807, 2.05) is 6.07 Å². The van der Waals surface area contributed by atoms with Gasteiger partial charge in [0.1, 0.15) is 22.3 Å². The number of hydrogen-bond acceptors (Lipinski definition) is 3. The number of anilines is 3. The Labute approximate surface area is 247 Å². The standard InChI is InChI=1S/C40H25NO2/c1-3-9-26(10-4-1)27-15-18-30(19-16-27)41(29-12-5-2-6-13-29)31-20-23-36-35(25-31)38-37(42-36)24-22-34-33-21-17-28-11-7-8-14-32(28)39(33)43-40(34)38/h1-25H. The van der Waals surface area contributed by atoms with Crippen LogP contribution in [0.25, 0.3) is 65.8 Å². The van der Waals surface area contributed by atoms with E-state index in [2.05, 4.69) is 150 Å². The first kappa shape index (κ1) is 23.9. The van der Waals surface area contributed by atoms with Crippen molar-refractivity contribution in [2.75, 3.05) is 4.90 Å². The summed E-state index contributed by atoms with van der Waals surface area (Å²) >= 11 is 0. The molecule has 2 heterocycles. The zero-order valence-electron chi connectivity index (χ0n) is 23.2. The number of furan rings is 2. The molecule has 43 heavy (non-hydrogen) atoms. The van der Waals surface area contributed by atoms with Gasteiger partial charge in [0.15, 0.2) is 0 Å². The third kappa shape index (κ3) is 3.75. The molecule has 0 fully saturated rings. The summed E-state index contributed by atoms with van der Waals surface area (Å²) in [5.41, 5.74) is 9.04. The fourth-order valence-corrected chi connectivity index (χ4v) is 6.41. The Bertz CT molecular complexity index is 2440. The molecular weight excluding hydrogens is 526 g/mol. The number of nitrogens with zero attached hydrogens (tertiary/aromatic N) is 1. The fraction of sp³-hybridized carbons (Fsp3) is 0. The van der Waals surface area contributed by atoms with Gasteiger partial charge in [0, 0.05) is 38.6 Å². The molecule has 0 aliphatic rings. The van der Waals surface area contributed by atoms with Gasteiger partial charge in [-0.25, -0.2) is 0 Å². The predicted octanol–water partition coefficient (Wildman–Crippen LogP) is 11.8. The van der Waals surface area contributed by atoms with E-state index in [9.17, 15) is 0 Å². The zero-order valence-corrected chi connectivity index (χ0v) is 23.2. The maximum Gasteiger partial charge on any atom is 0.147 e. The molecule has 0 unspecified atom stereocenters. The van der Waals surface area contributed by atoms with Crippen LogP contribution >= 0.6 is 0 Å². The third-order valence-corrected chi connectivity index (χ3v) is 8.45. The minimum absolute atomic E-state index is 0.821. The molecule has 202 valence electrons. The maximum absolute atomic E-state index is 6.70. The second kappa shape index (κ2) is 9.37. The largest absolute Gasteiger partial charge is 0.456 e. The number of para-hydroxylation sites is 1. The minimum Gasteiger partial charge on any atom is -0.456 e. The Morgan fingerprint density at radius 3 is 1.84 bits per heavy atom. The van der Waals surface area contributed by atoms with Gasteiger partial charge < -0.3 is 13.7 Å². The lowest BCUT2D eigenvalue weighted by molar-refractivity contribution is 0.664.